The lowest BCUT2D eigenvalue weighted by atomic mass is 10.1. The van der Waals surface area contributed by atoms with E-state index in [-0.39, 0.29) is 12.3 Å². The predicted molar refractivity (Wildman–Crippen MR) is 81.4 cm³/mol. The first-order valence-electron chi connectivity index (χ1n) is 7.05. The van der Waals surface area contributed by atoms with Crippen molar-refractivity contribution >= 4 is 18.0 Å². The summed E-state index contributed by atoms with van der Waals surface area (Å²) in [4.78, 5) is 40.3. The number of hydrogen-bond acceptors (Lipinski definition) is 6. The fraction of sp³-hybridized carbons (Fsp3) is 0.467. The molecule has 8 heteroatoms. The van der Waals surface area contributed by atoms with Crippen LogP contribution in [0.4, 0.5) is 4.79 Å². The summed E-state index contributed by atoms with van der Waals surface area (Å²) in [5.41, 5.74) is 0.541. The first kappa shape index (κ1) is 18.4. The van der Waals surface area contributed by atoms with Gasteiger partial charge in [0.15, 0.2) is 6.04 Å². The lowest BCUT2D eigenvalue weighted by Gasteiger charge is -2.17. The van der Waals surface area contributed by atoms with E-state index in [1.165, 1.54) is 25.3 Å². The lowest BCUT2D eigenvalue weighted by Crippen LogP contribution is -2.35. The molecule has 0 saturated heterocycles. The van der Waals surface area contributed by atoms with Crippen LogP contribution < -0.4 is 5.32 Å². The van der Waals surface area contributed by atoms with Gasteiger partial charge in [0.2, 0.25) is 5.91 Å². The molecule has 8 nitrogen and oxygen atoms in total. The third kappa shape index (κ3) is 5.93. The highest BCUT2D eigenvalue weighted by atomic mass is 16.5. The molecule has 1 aromatic rings. The fourth-order valence-electron chi connectivity index (χ4n) is 1.90. The topological polar surface area (TPSA) is 97.8 Å². The number of aromatic nitrogens is 1. The van der Waals surface area contributed by atoms with Crippen LogP contribution in [0, 0.1) is 0 Å². The summed E-state index contributed by atoms with van der Waals surface area (Å²) in [6.45, 7) is 0.371. The number of amides is 2. The highest BCUT2D eigenvalue weighted by molar-refractivity contribution is 5.85. The molecule has 1 heterocycles. The van der Waals surface area contributed by atoms with Crippen LogP contribution in [0.2, 0.25) is 0 Å². The van der Waals surface area contributed by atoms with Gasteiger partial charge < -0.3 is 19.7 Å². The van der Waals surface area contributed by atoms with Gasteiger partial charge in [0.1, 0.15) is 0 Å². The van der Waals surface area contributed by atoms with Gasteiger partial charge in [0.05, 0.1) is 14.2 Å². The van der Waals surface area contributed by atoms with Crippen LogP contribution in [0.15, 0.2) is 24.5 Å². The van der Waals surface area contributed by atoms with E-state index in [0.717, 1.165) is 0 Å². The van der Waals surface area contributed by atoms with Crippen molar-refractivity contribution in [3.05, 3.63) is 30.1 Å². The van der Waals surface area contributed by atoms with Crippen molar-refractivity contribution in [1.29, 1.82) is 0 Å². The van der Waals surface area contributed by atoms with Crippen LogP contribution >= 0.6 is 0 Å². The quantitative estimate of drug-likeness (QED) is 0.748. The fourth-order valence-corrected chi connectivity index (χ4v) is 1.90. The molecule has 2 amide bonds. The van der Waals surface area contributed by atoms with Crippen molar-refractivity contribution in [3.63, 3.8) is 0 Å². The SMILES string of the molecule is COC(=O)C(NC(=O)CCCN(C)C(=O)OC)c1cccnc1. The van der Waals surface area contributed by atoms with Crippen molar-refractivity contribution in [3.8, 4) is 0 Å². The van der Waals surface area contributed by atoms with Gasteiger partial charge in [-0.15, -0.1) is 0 Å². The maximum atomic E-state index is 12.0. The van der Waals surface area contributed by atoms with Crippen molar-refractivity contribution < 1.29 is 23.9 Å². The van der Waals surface area contributed by atoms with Crippen LogP contribution in [0.5, 0.6) is 0 Å². The molecule has 0 aromatic carbocycles. The Kier molecular flexibility index (Phi) is 7.52. The van der Waals surface area contributed by atoms with E-state index in [9.17, 15) is 14.4 Å². The monoisotopic (exact) mass is 323 g/mol. The molecule has 1 aromatic heterocycles. The Hall–Kier alpha value is -2.64. The average molecular weight is 323 g/mol. The molecule has 0 aliphatic carbocycles. The molecule has 0 aliphatic heterocycles. The first-order chi connectivity index (χ1) is 11.0. The van der Waals surface area contributed by atoms with Crippen LogP contribution in [-0.4, -0.2) is 55.7 Å². The molecule has 0 aliphatic rings. The summed E-state index contributed by atoms with van der Waals surface area (Å²) < 4.78 is 9.26. The number of methoxy groups -OCH3 is 2. The second kappa shape index (κ2) is 9.39. The molecule has 0 saturated carbocycles. The Bertz CT molecular complexity index is 535. The number of carbonyl (C=O) groups is 3. The van der Waals surface area contributed by atoms with E-state index in [1.807, 2.05) is 0 Å². The number of esters is 1. The Morgan fingerprint density at radius 2 is 2.04 bits per heavy atom. The molecule has 0 bridgehead atoms. The summed E-state index contributed by atoms with van der Waals surface area (Å²) in [5, 5.41) is 2.61. The third-order valence-corrected chi connectivity index (χ3v) is 3.14. The number of hydrogen-bond donors (Lipinski definition) is 1. The summed E-state index contributed by atoms with van der Waals surface area (Å²) in [6, 6.07) is 2.45. The summed E-state index contributed by atoms with van der Waals surface area (Å²) in [7, 11) is 4.13. The van der Waals surface area contributed by atoms with Crippen molar-refractivity contribution in [2.75, 3.05) is 27.8 Å². The van der Waals surface area contributed by atoms with Gasteiger partial charge in [0.25, 0.3) is 0 Å². The third-order valence-electron chi connectivity index (χ3n) is 3.14. The molecular weight excluding hydrogens is 302 g/mol. The van der Waals surface area contributed by atoms with E-state index >= 15 is 0 Å². The number of pyridine rings is 1. The minimum atomic E-state index is -0.903. The predicted octanol–water partition coefficient (Wildman–Crippen LogP) is 0.890. The molecular formula is C15H21N3O5. The maximum absolute atomic E-state index is 12.0. The van der Waals surface area contributed by atoms with Crippen molar-refractivity contribution in [1.82, 2.24) is 15.2 Å². The van der Waals surface area contributed by atoms with E-state index in [2.05, 4.69) is 15.0 Å². The van der Waals surface area contributed by atoms with Crippen molar-refractivity contribution in [2.24, 2.45) is 0 Å². The minimum Gasteiger partial charge on any atom is -0.467 e. The van der Waals surface area contributed by atoms with E-state index in [0.29, 0.717) is 18.5 Å². The largest absolute Gasteiger partial charge is 0.467 e. The smallest absolute Gasteiger partial charge is 0.409 e. The van der Waals surface area contributed by atoms with Crippen molar-refractivity contribution in [2.45, 2.75) is 18.9 Å². The Labute approximate surface area is 134 Å². The highest BCUT2D eigenvalue weighted by Gasteiger charge is 2.23. The molecule has 23 heavy (non-hydrogen) atoms. The van der Waals surface area contributed by atoms with E-state index in [1.54, 1.807) is 25.4 Å². The van der Waals surface area contributed by atoms with Gasteiger partial charge in [-0.05, 0) is 12.5 Å². The standard InChI is InChI=1S/C15H21N3O5/c1-18(15(21)23-3)9-5-7-12(19)17-13(14(20)22-2)11-6-4-8-16-10-11/h4,6,8,10,13H,5,7,9H2,1-3H3,(H,17,19). The first-order valence-corrected chi connectivity index (χ1v) is 7.05. The second-order valence-corrected chi connectivity index (χ2v) is 4.81. The zero-order chi connectivity index (χ0) is 17.2. The van der Waals surface area contributed by atoms with Gasteiger partial charge in [-0.1, -0.05) is 6.07 Å². The van der Waals surface area contributed by atoms with Crippen LogP contribution in [0.1, 0.15) is 24.4 Å². The van der Waals surface area contributed by atoms with E-state index < -0.39 is 18.1 Å². The van der Waals surface area contributed by atoms with Gasteiger partial charge >= 0.3 is 12.1 Å². The molecule has 0 fully saturated rings. The number of nitrogens with one attached hydrogen (secondary N) is 1. The molecule has 126 valence electrons. The van der Waals surface area contributed by atoms with Crippen LogP contribution in [-0.2, 0) is 19.1 Å². The number of nitrogens with zero attached hydrogens (tertiary/aromatic N) is 2. The summed E-state index contributed by atoms with van der Waals surface area (Å²) >= 11 is 0. The number of ether oxygens (including phenoxy) is 2. The minimum absolute atomic E-state index is 0.162. The van der Waals surface area contributed by atoms with Gasteiger partial charge in [0, 0.05) is 38.0 Å². The zero-order valence-corrected chi connectivity index (χ0v) is 13.4. The number of carbonyl (C=O) groups excluding carboxylic acids is 3. The summed E-state index contributed by atoms with van der Waals surface area (Å²) in [6.07, 6.45) is 3.20. The number of rotatable bonds is 7. The molecule has 0 radical (unpaired) electrons. The maximum Gasteiger partial charge on any atom is 0.409 e. The average Bonchev–Trinajstić information content (AvgIpc) is 2.58. The Balaban J connectivity index is 2.55. The van der Waals surface area contributed by atoms with E-state index in [4.69, 9.17) is 4.74 Å². The molecule has 1 rings (SSSR count). The second-order valence-electron chi connectivity index (χ2n) is 4.81. The lowest BCUT2D eigenvalue weighted by molar-refractivity contribution is -0.145. The zero-order valence-electron chi connectivity index (χ0n) is 13.4. The van der Waals surface area contributed by atoms with Gasteiger partial charge in [-0.25, -0.2) is 9.59 Å². The Morgan fingerprint density at radius 3 is 2.61 bits per heavy atom. The van der Waals surface area contributed by atoms with Crippen LogP contribution in [0.3, 0.4) is 0 Å². The van der Waals surface area contributed by atoms with Gasteiger partial charge in [-0.3, -0.25) is 9.78 Å². The van der Waals surface area contributed by atoms with Gasteiger partial charge in [-0.2, -0.15) is 0 Å². The van der Waals surface area contributed by atoms with Crippen LogP contribution in [0.25, 0.3) is 0 Å². The highest BCUT2D eigenvalue weighted by Crippen LogP contribution is 2.13. The summed E-state index contributed by atoms with van der Waals surface area (Å²) in [5.74, 6) is -0.888. The molecule has 1 atom stereocenters. The Morgan fingerprint density at radius 1 is 1.30 bits per heavy atom. The normalized spacial score (nSPS) is 11.3. The molecule has 1 unspecified atom stereocenters. The molecule has 0 spiro atoms. The molecule has 1 N–H and O–H groups in total.